The molecule has 66 valence electrons. The highest BCUT2D eigenvalue weighted by Crippen LogP contribution is 2.22. The van der Waals surface area contributed by atoms with Crippen molar-refractivity contribution in [1.29, 1.82) is 0 Å². The molecule has 2 heterocycles. The highest BCUT2D eigenvalue weighted by molar-refractivity contribution is 6.35. The molecule has 2 aromatic heterocycles. The number of nitrogens with two attached hydrogens (primary N) is 1. The summed E-state index contributed by atoms with van der Waals surface area (Å²) < 4.78 is 0. The lowest BCUT2D eigenvalue weighted by Crippen LogP contribution is -2.10. The van der Waals surface area contributed by atoms with E-state index in [1.807, 2.05) is 0 Å². The van der Waals surface area contributed by atoms with Crippen LogP contribution in [-0.4, -0.2) is 15.9 Å². The molecule has 0 aliphatic heterocycles. The van der Waals surface area contributed by atoms with Crippen molar-refractivity contribution in [3.63, 3.8) is 0 Å². The predicted molar refractivity (Wildman–Crippen MR) is 49.6 cm³/mol. The van der Waals surface area contributed by atoms with Crippen LogP contribution in [0.1, 0.15) is 10.4 Å². The largest absolute Gasteiger partial charge is 0.365 e. The standard InChI is InChI=1S/C8H6ClN3O/c9-5-1-2-11-6-4(8(10)13)3-12-7(5)6/h1-3,12H,(H2,10,13). The summed E-state index contributed by atoms with van der Waals surface area (Å²) in [4.78, 5) is 17.8. The zero-order chi connectivity index (χ0) is 9.42. The number of halogens is 1. The third-order valence-electron chi connectivity index (χ3n) is 1.78. The zero-order valence-corrected chi connectivity index (χ0v) is 7.30. The van der Waals surface area contributed by atoms with E-state index in [1.54, 1.807) is 6.07 Å². The van der Waals surface area contributed by atoms with Crippen LogP contribution >= 0.6 is 11.6 Å². The Morgan fingerprint density at radius 2 is 2.38 bits per heavy atom. The highest BCUT2D eigenvalue weighted by atomic mass is 35.5. The number of primary amides is 1. The maximum atomic E-state index is 10.9. The molecule has 0 fully saturated rings. The normalized spacial score (nSPS) is 10.5. The van der Waals surface area contributed by atoms with Crippen molar-refractivity contribution >= 4 is 28.5 Å². The van der Waals surface area contributed by atoms with Gasteiger partial charge in [0, 0.05) is 12.4 Å². The Labute approximate surface area is 78.7 Å². The van der Waals surface area contributed by atoms with E-state index >= 15 is 0 Å². The van der Waals surface area contributed by atoms with Crippen molar-refractivity contribution in [2.45, 2.75) is 0 Å². The molecule has 3 N–H and O–H groups in total. The van der Waals surface area contributed by atoms with E-state index in [0.29, 0.717) is 21.6 Å². The fourth-order valence-electron chi connectivity index (χ4n) is 1.18. The van der Waals surface area contributed by atoms with Crippen molar-refractivity contribution in [3.8, 4) is 0 Å². The first kappa shape index (κ1) is 8.07. The topological polar surface area (TPSA) is 71.8 Å². The van der Waals surface area contributed by atoms with Gasteiger partial charge in [0.15, 0.2) is 0 Å². The van der Waals surface area contributed by atoms with E-state index in [4.69, 9.17) is 17.3 Å². The minimum Gasteiger partial charge on any atom is -0.365 e. The molecular weight excluding hydrogens is 190 g/mol. The van der Waals surface area contributed by atoms with E-state index in [2.05, 4.69) is 9.97 Å². The lowest BCUT2D eigenvalue weighted by molar-refractivity contribution is 0.100. The van der Waals surface area contributed by atoms with Gasteiger partial charge in [-0.05, 0) is 6.07 Å². The van der Waals surface area contributed by atoms with Gasteiger partial charge in [0.1, 0.15) is 5.52 Å². The number of aromatic nitrogens is 2. The van der Waals surface area contributed by atoms with Gasteiger partial charge in [0.05, 0.1) is 16.1 Å². The van der Waals surface area contributed by atoms with Gasteiger partial charge >= 0.3 is 0 Å². The number of fused-ring (bicyclic) bond motifs is 1. The summed E-state index contributed by atoms with van der Waals surface area (Å²) in [5, 5.41) is 0.525. The Morgan fingerprint density at radius 3 is 3.08 bits per heavy atom. The lowest BCUT2D eigenvalue weighted by Gasteiger charge is -1.92. The second kappa shape index (κ2) is 2.74. The summed E-state index contributed by atoms with van der Waals surface area (Å²) in [6, 6.07) is 1.64. The molecule has 0 saturated carbocycles. The summed E-state index contributed by atoms with van der Waals surface area (Å²) in [6.07, 6.45) is 3.04. The van der Waals surface area contributed by atoms with E-state index in [-0.39, 0.29) is 0 Å². The van der Waals surface area contributed by atoms with E-state index in [0.717, 1.165) is 0 Å². The number of hydrogen-bond acceptors (Lipinski definition) is 2. The molecule has 0 aliphatic rings. The van der Waals surface area contributed by atoms with Crippen LogP contribution in [0.3, 0.4) is 0 Å². The van der Waals surface area contributed by atoms with E-state index in [9.17, 15) is 4.79 Å². The van der Waals surface area contributed by atoms with Gasteiger partial charge in [-0.1, -0.05) is 11.6 Å². The van der Waals surface area contributed by atoms with Crippen LogP contribution in [0.4, 0.5) is 0 Å². The van der Waals surface area contributed by atoms with Gasteiger partial charge in [0.2, 0.25) is 0 Å². The molecule has 4 nitrogen and oxygen atoms in total. The number of carbonyl (C=O) groups excluding carboxylic acids is 1. The molecule has 2 aromatic rings. The second-order valence-corrected chi connectivity index (χ2v) is 2.99. The average molecular weight is 196 g/mol. The Bertz CT molecular complexity index is 477. The molecule has 0 aliphatic carbocycles. The van der Waals surface area contributed by atoms with Crippen molar-refractivity contribution in [1.82, 2.24) is 9.97 Å². The van der Waals surface area contributed by atoms with Crippen LogP contribution in [0.5, 0.6) is 0 Å². The van der Waals surface area contributed by atoms with Gasteiger partial charge in [-0.25, -0.2) is 0 Å². The molecule has 0 saturated heterocycles. The minimum atomic E-state index is -0.513. The number of amides is 1. The summed E-state index contributed by atoms with van der Waals surface area (Å²) in [5.74, 6) is -0.513. The summed E-state index contributed by atoms with van der Waals surface area (Å²) in [6.45, 7) is 0. The maximum Gasteiger partial charge on any atom is 0.252 e. The fraction of sp³-hybridized carbons (Fsp3) is 0. The van der Waals surface area contributed by atoms with Crippen LogP contribution in [0.2, 0.25) is 5.02 Å². The van der Waals surface area contributed by atoms with Crippen LogP contribution in [0, 0.1) is 0 Å². The first-order valence-electron chi connectivity index (χ1n) is 3.61. The molecule has 0 radical (unpaired) electrons. The summed E-state index contributed by atoms with van der Waals surface area (Å²) >= 11 is 5.85. The van der Waals surface area contributed by atoms with Crippen LogP contribution in [-0.2, 0) is 0 Å². The lowest BCUT2D eigenvalue weighted by atomic mass is 10.2. The molecule has 2 rings (SSSR count). The molecule has 0 unspecified atom stereocenters. The number of nitrogens with zero attached hydrogens (tertiary/aromatic N) is 1. The van der Waals surface area contributed by atoms with Crippen LogP contribution < -0.4 is 5.73 Å². The number of H-pyrrole nitrogens is 1. The first-order valence-corrected chi connectivity index (χ1v) is 3.99. The Hall–Kier alpha value is -1.55. The second-order valence-electron chi connectivity index (χ2n) is 2.58. The third kappa shape index (κ3) is 1.15. The number of aromatic amines is 1. The Balaban J connectivity index is 2.83. The van der Waals surface area contributed by atoms with E-state index in [1.165, 1.54) is 12.4 Å². The molecule has 0 aromatic carbocycles. The third-order valence-corrected chi connectivity index (χ3v) is 2.10. The smallest absolute Gasteiger partial charge is 0.252 e. The molecule has 5 heteroatoms. The number of rotatable bonds is 1. The Morgan fingerprint density at radius 1 is 1.62 bits per heavy atom. The summed E-state index contributed by atoms with van der Waals surface area (Å²) in [5.41, 5.74) is 6.64. The minimum absolute atomic E-state index is 0.359. The monoisotopic (exact) mass is 195 g/mol. The van der Waals surface area contributed by atoms with Crippen molar-refractivity contribution < 1.29 is 4.79 Å². The maximum absolute atomic E-state index is 10.9. The number of carbonyl (C=O) groups is 1. The molecule has 0 spiro atoms. The van der Waals surface area contributed by atoms with Crippen molar-refractivity contribution in [2.24, 2.45) is 5.73 Å². The zero-order valence-electron chi connectivity index (χ0n) is 6.54. The fourth-order valence-corrected chi connectivity index (χ4v) is 1.38. The van der Waals surface area contributed by atoms with Gasteiger partial charge in [0.25, 0.3) is 5.91 Å². The molecule has 13 heavy (non-hydrogen) atoms. The first-order chi connectivity index (χ1) is 6.20. The predicted octanol–water partition coefficient (Wildman–Crippen LogP) is 1.32. The Kier molecular flexibility index (Phi) is 1.70. The number of pyridine rings is 1. The molecule has 0 bridgehead atoms. The van der Waals surface area contributed by atoms with E-state index < -0.39 is 5.91 Å². The quantitative estimate of drug-likeness (QED) is 0.720. The van der Waals surface area contributed by atoms with Gasteiger partial charge in [-0.2, -0.15) is 0 Å². The number of nitrogens with one attached hydrogen (secondary N) is 1. The van der Waals surface area contributed by atoms with Crippen LogP contribution in [0.15, 0.2) is 18.5 Å². The molecular formula is C8H6ClN3O. The molecule has 0 atom stereocenters. The molecule has 1 amide bonds. The summed E-state index contributed by atoms with van der Waals surface area (Å²) in [7, 11) is 0. The van der Waals surface area contributed by atoms with Crippen LogP contribution in [0.25, 0.3) is 11.0 Å². The SMILES string of the molecule is NC(=O)c1c[nH]c2c(Cl)ccnc12. The van der Waals surface area contributed by atoms with Gasteiger partial charge < -0.3 is 10.7 Å². The number of hydrogen-bond donors (Lipinski definition) is 2. The van der Waals surface area contributed by atoms with Crippen molar-refractivity contribution in [3.05, 3.63) is 29.0 Å². The highest BCUT2D eigenvalue weighted by Gasteiger charge is 2.10. The van der Waals surface area contributed by atoms with Gasteiger partial charge in [-0.3, -0.25) is 9.78 Å². The average Bonchev–Trinajstić information content (AvgIpc) is 2.48. The van der Waals surface area contributed by atoms with Crippen molar-refractivity contribution in [2.75, 3.05) is 0 Å². The van der Waals surface area contributed by atoms with Gasteiger partial charge in [-0.15, -0.1) is 0 Å².